The number of ether oxygens (including phenoxy) is 1. The summed E-state index contributed by atoms with van der Waals surface area (Å²) in [5.74, 6) is 0.0675. The summed E-state index contributed by atoms with van der Waals surface area (Å²) in [6.45, 7) is 9.58. The highest BCUT2D eigenvalue weighted by molar-refractivity contribution is 7.57. The van der Waals surface area contributed by atoms with Gasteiger partial charge in [-0.3, -0.25) is 9.36 Å². The van der Waals surface area contributed by atoms with Gasteiger partial charge in [0.2, 0.25) is 0 Å². The average molecular weight is 417 g/mol. The molecule has 5 nitrogen and oxygen atoms in total. The van der Waals surface area contributed by atoms with Crippen LogP contribution >= 0.6 is 7.52 Å². The third-order valence-electron chi connectivity index (χ3n) is 3.95. The zero-order valence-electron chi connectivity index (χ0n) is 17.9. The maximum Gasteiger partial charge on any atom is 0.324 e. The van der Waals surface area contributed by atoms with Crippen molar-refractivity contribution in [1.29, 1.82) is 0 Å². The number of carbonyl (C=O) groups excluding carboxylic acids is 1. The van der Waals surface area contributed by atoms with E-state index in [2.05, 4.69) is 5.09 Å². The fraction of sp³-hybridized carbons (Fsp3) is 0.435. The number of para-hydroxylation sites is 1. The molecule has 0 saturated carbocycles. The van der Waals surface area contributed by atoms with Crippen LogP contribution in [0.25, 0.3) is 0 Å². The summed E-state index contributed by atoms with van der Waals surface area (Å²) in [7, 11) is -3.40. The SMILES string of the molecule is CC(C)OC(=O)[C@H](Cc1ccccc1)NP(=O)(CC(C)(C)C)Oc1ccccc1. The second kappa shape index (κ2) is 10.1. The first-order valence-corrected chi connectivity index (χ1v) is 11.7. The number of hydrogen-bond donors (Lipinski definition) is 1. The van der Waals surface area contributed by atoms with Gasteiger partial charge in [0.05, 0.1) is 12.3 Å². The van der Waals surface area contributed by atoms with E-state index in [4.69, 9.17) is 9.26 Å². The van der Waals surface area contributed by atoms with Crippen molar-refractivity contribution in [3.8, 4) is 5.75 Å². The number of benzene rings is 2. The number of hydrogen-bond acceptors (Lipinski definition) is 4. The van der Waals surface area contributed by atoms with Crippen LogP contribution in [0.3, 0.4) is 0 Å². The van der Waals surface area contributed by atoms with Gasteiger partial charge in [0, 0.05) is 0 Å². The lowest BCUT2D eigenvalue weighted by Gasteiger charge is -2.30. The maximum absolute atomic E-state index is 13.8. The van der Waals surface area contributed by atoms with Crippen molar-refractivity contribution in [2.45, 2.75) is 53.2 Å². The molecule has 0 aromatic heterocycles. The standard InChI is InChI=1S/C23H32NO4P/c1-18(2)27-22(25)21(16-19-12-8-6-9-13-19)24-29(26,17-23(3,4)5)28-20-14-10-7-11-15-20/h6-15,18,21H,16-17H2,1-5H3,(H,24,26)/t21-,29?/m0/s1. The van der Waals surface area contributed by atoms with E-state index in [1.54, 1.807) is 26.0 Å². The second-order valence-corrected chi connectivity index (χ2v) is 10.8. The molecule has 29 heavy (non-hydrogen) atoms. The Hall–Kier alpha value is -2.10. The largest absolute Gasteiger partial charge is 0.462 e. The van der Waals surface area contributed by atoms with Crippen molar-refractivity contribution >= 4 is 13.5 Å². The van der Waals surface area contributed by atoms with Gasteiger partial charge in [-0.15, -0.1) is 0 Å². The van der Waals surface area contributed by atoms with Crippen LogP contribution in [0, 0.1) is 5.41 Å². The third-order valence-corrected chi connectivity index (χ3v) is 6.53. The Labute approximate surface area is 174 Å². The van der Waals surface area contributed by atoms with Crippen molar-refractivity contribution in [1.82, 2.24) is 5.09 Å². The predicted octanol–water partition coefficient (Wildman–Crippen LogP) is 5.46. The molecule has 0 aliphatic carbocycles. The summed E-state index contributed by atoms with van der Waals surface area (Å²) in [6, 6.07) is 17.9. The molecule has 0 heterocycles. The monoisotopic (exact) mass is 417 g/mol. The van der Waals surface area contributed by atoms with Crippen LogP contribution in [0.2, 0.25) is 0 Å². The molecular weight excluding hydrogens is 385 g/mol. The van der Waals surface area contributed by atoms with E-state index >= 15 is 0 Å². The molecule has 2 aromatic carbocycles. The highest BCUT2D eigenvalue weighted by Crippen LogP contribution is 2.48. The minimum atomic E-state index is -3.40. The van der Waals surface area contributed by atoms with Gasteiger partial charge >= 0.3 is 13.5 Å². The molecule has 2 atom stereocenters. The molecular formula is C23H32NO4P. The first-order valence-electron chi connectivity index (χ1n) is 9.92. The third kappa shape index (κ3) is 8.43. The Morgan fingerprint density at radius 3 is 2.07 bits per heavy atom. The Morgan fingerprint density at radius 1 is 1.00 bits per heavy atom. The second-order valence-electron chi connectivity index (χ2n) is 8.65. The molecule has 0 saturated heterocycles. The van der Waals surface area contributed by atoms with Crippen LogP contribution < -0.4 is 9.61 Å². The number of esters is 1. The normalized spacial score (nSPS) is 14.8. The average Bonchev–Trinajstić information content (AvgIpc) is 2.60. The van der Waals surface area contributed by atoms with Gasteiger partial charge in [-0.2, -0.15) is 0 Å². The first kappa shape index (κ1) is 23.2. The van der Waals surface area contributed by atoms with Crippen LogP contribution in [-0.4, -0.2) is 24.3 Å². The summed E-state index contributed by atoms with van der Waals surface area (Å²) in [5, 5.41) is 3.05. The first-order chi connectivity index (χ1) is 13.6. The fourth-order valence-electron chi connectivity index (χ4n) is 2.96. The van der Waals surface area contributed by atoms with Crippen molar-refractivity contribution in [3.63, 3.8) is 0 Å². The lowest BCUT2D eigenvalue weighted by Crippen LogP contribution is -2.41. The molecule has 0 radical (unpaired) electrons. The van der Waals surface area contributed by atoms with Gasteiger partial charge in [-0.1, -0.05) is 69.3 Å². The van der Waals surface area contributed by atoms with Gasteiger partial charge in [0.15, 0.2) is 0 Å². The quantitative estimate of drug-likeness (QED) is 0.434. The Bertz CT molecular complexity index is 816. The minimum Gasteiger partial charge on any atom is -0.462 e. The molecule has 2 rings (SSSR count). The maximum atomic E-state index is 13.8. The molecule has 0 amide bonds. The zero-order chi connectivity index (χ0) is 21.5. The van der Waals surface area contributed by atoms with E-state index in [1.165, 1.54) is 0 Å². The summed E-state index contributed by atoms with van der Waals surface area (Å²) in [6.07, 6.45) is 0.369. The fourth-order valence-corrected chi connectivity index (χ4v) is 5.56. The summed E-state index contributed by atoms with van der Waals surface area (Å²) >= 11 is 0. The van der Waals surface area contributed by atoms with Crippen LogP contribution in [0.5, 0.6) is 5.75 Å². The van der Waals surface area contributed by atoms with Crippen molar-refractivity contribution in [3.05, 3.63) is 66.2 Å². The van der Waals surface area contributed by atoms with E-state index in [0.29, 0.717) is 12.2 Å². The van der Waals surface area contributed by atoms with Gasteiger partial charge in [-0.25, -0.2) is 5.09 Å². The number of rotatable bonds is 9. The highest BCUT2D eigenvalue weighted by atomic mass is 31.2. The van der Waals surface area contributed by atoms with E-state index in [-0.39, 0.29) is 17.7 Å². The van der Waals surface area contributed by atoms with Crippen LogP contribution in [0.15, 0.2) is 60.7 Å². The van der Waals surface area contributed by atoms with Gasteiger partial charge in [-0.05, 0) is 43.4 Å². The lowest BCUT2D eigenvalue weighted by atomic mass is 10.0. The van der Waals surface area contributed by atoms with E-state index in [9.17, 15) is 9.36 Å². The zero-order valence-corrected chi connectivity index (χ0v) is 18.8. The molecule has 6 heteroatoms. The van der Waals surface area contributed by atoms with Crippen LogP contribution in [0.1, 0.15) is 40.2 Å². The predicted molar refractivity (Wildman–Crippen MR) is 117 cm³/mol. The number of nitrogens with one attached hydrogen (secondary N) is 1. The van der Waals surface area contributed by atoms with Crippen LogP contribution in [-0.2, 0) is 20.5 Å². The topological polar surface area (TPSA) is 64.6 Å². The lowest BCUT2D eigenvalue weighted by molar-refractivity contribution is -0.149. The molecule has 1 N–H and O–H groups in total. The van der Waals surface area contributed by atoms with E-state index in [1.807, 2.05) is 69.3 Å². The molecule has 0 fully saturated rings. The molecule has 0 bridgehead atoms. The Balaban J connectivity index is 2.31. The molecule has 158 valence electrons. The highest BCUT2D eigenvalue weighted by Gasteiger charge is 2.36. The van der Waals surface area contributed by atoms with Gasteiger partial charge in [0.1, 0.15) is 11.8 Å². The molecule has 2 aromatic rings. The van der Waals surface area contributed by atoms with Crippen molar-refractivity contribution in [2.75, 3.05) is 6.16 Å². The van der Waals surface area contributed by atoms with Crippen molar-refractivity contribution in [2.24, 2.45) is 5.41 Å². The number of carbonyl (C=O) groups is 1. The van der Waals surface area contributed by atoms with Crippen molar-refractivity contribution < 1.29 is 18.6 Å². The van der Waals surface area contributed by atoms with E-state index in [0.717, 1.165) is 5.56 Å². The van der Waals surface area contributed by atoms with Gasteiger partial charge in [0.25, 0.3) is 0 Å². The smallest absolute Gasteiger partial charge is 0.324 e. The van der Waals surface area contributed by atoms with Gasteiger partial charge < -0.3 is 9.26 Å². The Morgan fingerprint density at radius 2 is 1.55 bits per heavy atom. The minimum absolute atomic E-state index is 0.264. The summed E-state index contributed by atoms with van der Waals surface area (Å²) in [5.41, 5.74) is 0.684. The summed E-state index contributed by atoms with van der Waals surface area (Å²) < 4.78 is 25.2. The van der Waals surface area contributed by atoms with Crippen LogP contribution in [0.4, 0.5) is 0 Å². The molecule has 0 aliphatic heterocycles. The molecule has 1 unspecified atom stereocenters. The molecule has 0 spiro atoms. The molecule has 0 aliphatic rings. The Kier molecular flexibility index (Phi) is 8.06. The van der Waals surface area contributed by atoms with E-state index < -0.39 is 19.5 Å². The summed E-state index contributed by atoms with van der Waals surface area (Å²) in [4.78, 5) is 12.8.